The van der Waals surface area contributed by atoms with Crippen LogP contribution in [0.25, 0.3) is 0 Å². The third-order valence-corrected chi connectivity index (χ3v) is 0. The first-order chi connectivity index (χ1) is 2.41. The average molecular weight is 107 g/mol. The summed E-state index contributed by atoms with van der Waals surface area (Å²) < 4.78 is 8.25. The van der Waals surface area contributed by atoms with Crippen LogP contribution >= 0.6 is 0 Å². The van der Waals surface area contributed by atoms with E-state index in [-0.39, 0.29) is 0 Å². The second-order valence-corrected chi connectivity index (χ2v) is 0.204. The van der Waals surface area contributed by atoms with Gasteiger partial charge in [-0.05, 0) is 0 Å². The molecule has 0 atom stereocenters. The predicted octanol–water partition coefficient (Wildman–Crippen LogP) is -0.00530. The molecule has 0 aliphatic rings. The summed E-state index contributed by atoms with van der Waals surface area (Å²) in [5, 5.41) is 0. The van der Waals surface area contributed by atoms with Gasteiger partial charge >= 0.3 is 23.7 Å². The Morgan fingerprint density at radius 2 is 1.60 bits per heavy atom. The van der Waals surface area contributed by atoms with Crippen LogP contribution in [-0.2, 0) is 28.5 Å². The van der Waals surface area contributed by atoms with Gasteiger partial charge < -0.3 is 0 Å². The molecule has 5 heavy (non-hydrogen) atoms. The summed E-state index contributed by atoms with van der Waals surface area (Å²) in [6, 6.07) is 0. The van der Waals surface area contributed by atoms with Crippen LogP contribution in [0.3, 0.4) is 0 Å². The molecule has 0 aromatic carbocycles. The Hall–Kier alpha value is 0.184. The van der Waals surface area contributed by atoms with Gasteiger partial charge in [-0.25, -0.2) is 0 Å². The second-order valence-electron chi connectivity index (χ2n) is 0.204. The van der Waals surface area contributed by atoms with Crippen molar-refractivity contribution in [1.29, 1.82) is 0 Å². The molecule has 1 radical (unpaired) electrons. The Balaban J connectivity index is 0. The molecule has 0 aliphatic heterocycles. The van der Waals surface area contributed by atoms with Crippen molar-refractivity contribution in [2.45, 2.75) is 6.92 Å². The van der Waals surface area contributed by atoms with Crippen molar-refractivity contribution in [3.8, 4) is 0 Å². The third-order valence-electron chi connectivity index (χ3n) is 0. The number of carbonyl (C=O) groups excluding carboxylic acids is 1. The van der Waals surface area contributed by atoms with Gasteiger partial charge in [0.2, 0.25) is 0 Å². The minimum absolute atomic E-state index is 0.750. The summed E-state index contributed by atoms with van der Waals surface area (Å²) in [6.45, 7) is 1.32. The van der Waals surface area contributed by atoms with Crippen molar-refractivity contribution < 1.29 is 28.5 Å². The molecule has 3 heteroatoms. The zero-order valence-electron chi connectivity index (χ0n) is 2.82. The maximum atomic E-state index is 8.68. The van der Waals surface area contributed by atoms with Gasteiger partial charge in [-0.3, -0.25) is 4.79 Å². The zero-order chi connectivity index (χ0) is 4.71. The Bertz CT molecular complexity index is 21.6. The van der Waals surface area contributed by atoms with Crippen molar-refractivity contribution in [2.24, 2.45) is 0 Å². The van der Waals surface area contributed by atoms with Crippen LogP contribution in [-0.4, -0.2) is 6.29 Å². The van der Waals surface area contributed by atoms with Crippen LogP contribution in [0, 0.1) is 0 Å². The van der Waals surface area contributed by atoms with E-state index in [1.54, 1.807) is 0 Å². The van der Waals surface area contributed by atoms with Crippen molar-refractivity contribution in [3.05, 3.63) is 0 Å². The van der Waals surface area contributed by atoms with Crippen molar-refractivity contribution in [2.75, 3.05) is 0 Å². The van der Waals surface area contributed by atoms with Crippen LogP contribution in [0.1, 0.15) is 6.92 Å². The van der Waals surface area contributed by atoms with E-state index in [9.17, 15) is 0 Å². The molecule has 0 saturated carbocycles. The zero-order valence-corrected chi connectivity index (χ0v) is 4.38. The molecule has 27 valence electrons. The van der Waals surface area contributed by atoms with Crippen LogP contribution in [0.4, 0.5) is 0 Å². The first kappa shape index (κ1) is 8.95. The van der Waals surface area contributed by atoms with Gasteiger partial charge in [-0.1, -0.05) is 0 Å². The Kier molecular flexibility index (Phi) is 54.2. The van der Waals surface area contributed by atoms with Gasteiger partial charge in [0.25, 0.3) is 0 Å². The fourth-order valence-corrected chi connectivity index (χ4v) is 0. The van der Waals surface area contributed by atoms with Crippen LogP contribution in [0.2, 0.25) is 0 Å². The molecule has 0 heterocycles. The number of hydrogen-bond acceptors (Lipinski definition) is 2. The summed E-state index contributed by atoms with van der Waals surface area (Å²) in [4.78, 5) is 8.68. The molecule has 0 aromatic rings. The van der Waals surface area contributed by atoms with Gasteiger partial charge in [0, 0.05) is 6.92 Å². The monoisotopic (exact) mass is 107 g/mol. The fourth-order valence-electron chi connectivity index (χ4n) is 0. The molecular weight excluding hydrogens is 104 g/mol. The Morgan fingerprint density at radius 1 is 1.60 bits per heavy atom. The van der Waals surface area contributed by atoms with Crippen molar-refractivity contribution >= 4 is 6.29 Å². The van der Waals surface area contributed by atoms with E-state index in [2.05, 4.69) is 0 Å². The van der Waals surface area contributed by atoms with Crippen molar-refractivity contribution in [3.63, 3.8) is 0 Å². The first-order valence-corrected chi connectivity index (χ1v) is 1.55. The summed E-state index contributed by atoms with van der Waals surface area (Å²) in [5.41, 5.74) is 0. The van der Waals surface area contributed by atoms with Gasteiger partial charge in [0.1, 0.15) is 0 Å². The maximum absolute atomic E-state index is 8.68. The molecule has 0 N–H and O–H groups in total. The van der Waals surface area contributed by atoms with Crippen LogP contribution in [0.5, 0.6) is 0 Å². The molecular formula is C2H3O2Ti. The Morgan fingerprint density at radius 3 is 1.60 bits per heavy atom. The molecule has 0 bridgehead atoms. The topological polar surface area (TPSA) is 34.1 Å². The van der Waals surface area contributed by atoms with E-state index in [4.69, 9.17) is 8.12 Å². The summed E-state index contributed by atoms with van der Waals surface area (Å²) in [6.07, 6.45) is 1.50. The standard InChI is InChI=1S/C2H3O.O.Ti/c1-2-3;;/h1H3;;. The Labute approximate surface area is 42.3 Å². The van der Waals surface area contributed by atoms with E-state index in [1.807, 2.05) is 0 Å². The molecule has 2 nitrogen and oxygen atoms in total. The van der Waals surface area contributed by atoms with Crippen molar-refractivity contribution in [1.82, 2.24) is 0 Å². The molecule has 0 amide bonds. The fraction of sp³-hybridized carbons (Fsp3) is 0.500. The normalized spacial score (nSPS) is 3.20. The van der Waals surface area contributed by atoms with E-state index in [0.717, 1.165) is 20.4 Å². The van der Waals surface area contributed by atoms with Crippen LogP contribution in [0.15, 0.2) is 0 Å². The van der Waals surface area contributed by atoms with E-state index < -0.39 is 0 Å². The SMILES string of the molecule is C[C]=O.[O]=[Ti]. The van der Waals surface area contributed by atoms with Gasteiger partial charge in [0.15, 0.2) is 6.29 Å². The quantitative estimate of drug-likeness (QED) is 0.408. The van der Waals surface area contributed by atoms with E-state index >= 15 is 0 Å². The van der Waals surface area contributed by atoms with Gasteiger partial charge in [-0.15, -0.1) is 0 Å². The summed E-state index contributed by atoms with van der Waals surface area (Å²) >= 11 is 0.750. The van der Waals surface area contributed by atoms with E-state index in [0.29, 0.717) is 0 Å². The molecule has 0 rings (SSSR count). The molecule has 0 aliphatic carbocycles. The minimum atomic E-state index is 0.750. The second kappa shape index (κ2) is 30.3. The summed E-state index contributed by atoms with van der Waals surface area (Å²) in [7, 11) is 0. The van der Waals surface area contributed by atoms with Gasteiger partial charge in [-0.2, -0.15) is 0 Å². The molecule has 0 aromatic heterocycles. The third kappa shape index (κ3) is 588. The average Bonchev–Trinajstić information content (AvgIpc) is 1.46. The predicted molar refractivity (Wildman–Crippen MR) is 12.1 cm³/mol. The van der Waals surface area contributed by atoms with E-state index in [1.165, 1.54) is 13.2 Å². The first-order valence-electron chi connectivity index (χ1n) is 0.908. The number of hydrogen-bond donors (Lipinski definition) is 0. The summed E-state index contributed by atoms with van der Waals surface area (Å²) in [5.74, 6) is 0. The number of rotatable bonds is 0. The molecule has 0 saturated heterocycles. The van der Waals surface area contributed by atoms with Gasteiger partial charge in [0.05, 0.1) is 0 Å². The molecule has 0 unspecified atom stereocenters. The van der Waals surface area contributed by atoms with Crippen LogP contribution < -0.4 is 0 Å². The molecule has 0 fully saturated rings. The molecule has 0 spiro atoms.